The predicted octanol–water partition coefficient (Wildman–Crippen LogP) is 3.58. The van der Waals surface area contributed by atoms with Crippen molar-refractivity contribution in [2.75, 3.05) is 20.2 Å². The zero-order chi connectivity index (χ0) is 20.0. The number of likely N-dealkylation sites (tertiary alicyclic amines) is 1. The number of piperidine rings is 1. The van der Waals surface area contributed by atoms with Gasteiger partial charge in [0.15, 0.2) is 0 Å². The third kappa shape index (κ3) is 2.94. The van der Waals surface area contributed by atoms with Gasteiger partial charge in [-0.1, -0.05) is 30.3 Å². The largest absolute Gasteiger partial charge is 0.497 e. The normalized spacial score (nSPS) is 21.9. The Morgan fingerprint density at radius 3 is 2.72 bits per heavy atom. The van der Waals surface area contributed by atoms with Gasteiger partial charge in [0.25, 0.3) is 0 Å². The lowest BCUT2D eigenvalue weighted by atomic mass is 9.90. The van der Waals surface area contributed by atoms with Crippen LogP contribution in [-0.2, 0) is 4.79 Å². The van der Waals surface area contributed by atoms with Crippen molar-refractivity contribution in [1.29, 1.82) is 0 Å². The van der Waals surface area contributed by atoms with Gasteiger partial charge in [0.2, 0.25) is 11.6 Å². The van der Waals surface area contributed by atoms with Gasteiger partial charge in [0.05, 0.1) is 18.9 Å². The van der Waals surface area contributed by atoms with Crippen molar-refractivity contribution < 1.29 is 14.3 Å². The average Bonchev–Trinajstić information content (AvgIpc) is 3.21. The van der Waals surface area contributed by atoms with Gasteiger partial charge in [0, 0.05) is 50.4 Å². The van der Waals surface area contributed by atoms with Gasteiger partial charge in [0.1, 0.15) is 11.5 Å². The molecule has 0 bridgehead atoms. The Morgan fingerprint density at radius 1 is 1.17 bits per heavy atom. The van der Waals surface area contributed by atoms with Crippen LogP contribution in [-0.4, -0.2) is 47.5 Å². The number of carbonyl (C=O) groups excluding carboxylic acids is 1. The first-order chi connectivity index (χ1) is 14.1. The monoisotopic (exact) mass is 391 g/mol. The van der Waals surface area contributed by atoms with Gasteiger partial charge in [-0.3, -0.25) is 4.79 Å². The van der Waals surface area contributed by atoms with E-state index in [2.05, 4.69) is 29.3 Å². The first-order valence-electron chi connectivity index (χ1n) is 10.1. The lowest BCUT2D eigenvalue weighted by molar-refractivity contribution is -0.158. The molecule has 1 spiro atoms. The summed E-state index contributed by atoms with van der Waals surface area (Å²) in [6, 6.07) is 16.5. The smallest absolute Gasteiger partial charge is 0.219 e. The zero-order valence-electron chi connectivity index (χ0n) is 16.8. The fraction of sp³-hybridized carbons (Fsp3) is 0.391. The molecule has 6 nitrogen and oxygen atoms in total. The maximum absolute atomic E-state index is 11.8. The molecule has 29 heavy (non-hydrogen) atoms. The van der Waals surface area contributed by atoms with E-state index in [9.17, 15) is 4.79 Å². The molecule has 0 unspecified atom stereocenters. The van der Waals surface area contributed by atoms with Gasteiger partial charge in [-0.2, -0.15) is 5.10 Å². The minimum Gasteiger partial charge on any atom is -0.497 e. The van der Waals surface area contributed by atoms with Crippen LogP contribution in [0.15, 0.2) is 53.6 Å². The van der Waals surface area contributed by atoms with Crippen LogP contribution in [0.2, 0.25) is 0 Å². The van der Waals surface area contributed by atoms with E-state index < -0.39 is 5.72 Å². The maximum atomic E-state index is 11.8. The van der Waals surface area contributed by atoms with Gasteiger partial charge in [-0.25, -0.2) is 5.01 Å². The molecule has 0 radical (unpaired) electrons. The van der Waals surface area contributed by atoms with Crippen LogP contribution in [0.5, 0.6) is 11.5 Å². The van der Waals surface area contributed by atoms with Crippen molar-refractivity contribution in [3.05, 3.63) is 59.7 Å². The quantitative estimate of drug-likeness (QED) is 0.785. The van der Waals surface area contributed by atoms with Crippen molar-refractivity contribution in [2.45, 2.75) is 38.0 Å². The second-order valence-corrected chi connectivity index (χ2v) is 7.94. The number of benzene rings is 2. The standard InChI is InChI=1S/C23H25N3O3/c1-16(27)25-12-10-23(11-13-25)26-21(19-8-3-4-9-22(19)29-23)15-20(24-26)17-6-5-7-18(14-17)28-2/h3-9,14,21H,10-13,15H2,1-2H3/t21-/m1/s1. The summed E-state index contributed by atoms with van der Waals surface area (Å²) >= 11 is 0. The van der Waals surface area contributed by atoms with Crippen molar-refractivity contribution in [2.24, 2.45) is 5.10 Å². The van der Waals surface area contributed by atoms with E-state index in [-0.39, 0.29) is 11.9 Å². The summed E-state index contributed by atoms with van der Waals surface area (Å²) in [5.41, 5.74) is 2.79. The molecule has 2 aromatic carbocycles. The topological polar surface area (TPSA) is 54.4 Å². The Bertz CT molecular complexity index is 979. The van der Waals surface area contributed by atoms with E-state index in [1.165, 1.54) is 5.56 Å². The first-order valence-corrected chi connectivity index (χ1v) is 10.1. The molecule has 150 valence electrons. The number of methoxy groups -OCH3 is 1. The van der Waals surface area contributed by atoms with E-state index in [1.807, 2.05) is 29.2 Å². The van der Waals surface area contributed by atoms with E-state index in [1.54, 1.807) is 14.0 Å². The summed E-state index contributed by atoms with van der Waals surface area (Å²) in [6.45, 7) is 3.00. The summed E-state index contributed by atoms with van der Waals surface area (Å²) in [6.07, 6.45) is 2.31. The molecule has 3 heterocycles. The van der Waals surface area contributed by atoms with Gasteiger partial charge in [-0.05, 0) is 18.2 Å². The van der Waals surface area contributed by atoms with Crippen LogP contribution >= 0.6 is 0 Å². The van der Waals surface area contributed by atoms with Gasteiger partial charge >= 0.3 is 0 Å². The number of ether oxygens (including phenoxy) is 2. The van der Waals surface area contributed by atoms with Crippen LogP contribution < -0.4 is 9.47 Å². The molecular weight excluding hydrogens is 366 g/mol. The van der Waals surface area contributed by atoms with Crippen molar-refractivity contribution in [3.8, 4) is 11.5 Å². The summed E-state index contributed by atoms with van der Waals surface area (Å²) < 4.78 is 12.0. The molecular formula is C23H25N3O3. The SMILES string of the molecule is COc1cccc(C2=NN3[C@H](C2)c2ccccc2OC32CCN(C(C)=O)CC2)c1. The van der Waals surface area contributed by atoms with Crippen molar-refractivity contribution in [1.82, 2.24) is 9.91 Å². The minimum absolute atomic E-state index is 0.120. The van der Waals surface area contributed by atoms with E-state index in [0.717, 1.165) is 42.0 Å². The third-order valence-corrected chi connectivity index (χ3v) is 6.30. The van der Waals surface area contributed by atoms with Crippen LogP contribution in [0, 0.1) is 0 Å². The number of carbonyl (C=O) groups is 1. The maximum Gasteiger partial charge on any atom is 0.219 e. The van der Waals surface area contributed by atoms with Crippen LogP contribution in [0.1, 0.15) is 43.4 Å². The molecule has 1 fully saturated rings. The number of hydrogen-bond donors (Lipinski definition) is 0. The molecule has 5 rings (SSSR count). The molecule has 3 aliphatic rings. The summed E-state index contributed by atoms with van der Waals surface area (Å²) in [4.78, 5) is 13.7. The Morgan fingerprint density at radius 2 is 1.97 bits per heavy atom. The second-order valence-electron chi connectivity index (χ2n) is 7.94. The number of amides is 1. The van der Waals surface area contributed by atoms with Crippen molar-refractivity contribution in [3.63, 3.8) is 0 Å². The fourth-order valence-corrected chi connectivity index (χ4v) is 4.71. The Balaban J connectivity index is 1.53. The molecule has 0 aliphatic carbocycles. The lowest BCUT2D eigenvalue weighted by Crippen LogP contribution is -2.59. The molecule has 6 heteroatoms. The molecule has 1 saturated heterocycles. The van der Waals surface area contributed by atoms with Crippen molar-refractivity contribution >= 4 is 11.6 Å². The first kappa shape index (κ1) is 18.0. The highest BCUT2D eigenvalue weighted by Gasteiger charge is 2.52. The molecule has 0 saturated carbocycles. The Kier molecular flexibility index (Phi) is 4.23. The zero-order valence-corrected chi connectivity index (χ0v) is 16.8. The average molecular weight is 391 g/mol. The van der Waals surface area contributed by atoms with Crippen LogP contribution in [0.4, 0.5) is 0 Å². The molecule has 0 aromatic heterocycles. The van der Waals surface area contributed by atoms with Crippen LogP contribution in [0.25, 0.3) is 0 Å². The minimum atomic E-state index is -0.508. The number of rotatable bonds is 2. The highest BCUT2D eigenvalue weighted by atomic mass is 16.5. The van der Waals surface area contributed by atoms with E-state index >= 15 is 0 Å². The Hall–Kier alpha value is -3.02. The predicted molar refractivity (Wildman–Crippen MR) is 110 cm³/mol. The molecule has 1 atom stereocenters. The number of fused-ring (bicyclic) bond motifs is 4. The molecule has 0 N–H and O–H groups in total. The number of para-hydroxylation sites is 1. The second kappa shape index (κ2) is 6.79. The lowest BCUT2D eigenvalue weighted by Gasteiger charge is -2.51. The number of hydrogen-bond acceptors (Lipinski definition) is 5. The number of hydrazone groups is 1. The molecule has 2 aromatic rings. The summed E-state index contributed by atoms with van der Waals surface area (Å²) in [7, 11) is 1.68. The highest BCUT2D eigenvalue weighted by molar-refractivity contribution is 6.02. The summed E-state index contributed by atoms with van der Waals surface area (Å²) in [5, 5.41) is 7.24. The van der Waals surface area contributed by atoms with E-state index in [4.69, 9.17) is 14.6 Å². The summed E-state index contributed by atoms with van der Waals surface area (Å²) in [5.74, 6) is 1.89. The Labute approximate surface area is 170 Å². The fourth-order valence-electron chi connectivity index (χ4n) is 4.71. The molecule has 3 aliphatic heterocycles. The third-order valence-electron chi connectivity index (χ3n) is 6.30. The van der Waals surface area contributed by atoms with Gasteiger partial charge < -0.3 is 14.4 Å². The number of nitrogens with zero attached hydrogens (tertiary/aromatic N) is 3. The molecule has 1 amide bonds. The highest BCUT2D eigenvalue weighted by Crippen LogP contribution is 2.49. The van der Waals surface area contributed by atoms with Crippen LogP contribution in [0.3, 0.4) is 0 Å². The van der Waals surface area contributed by atoms with Gasteiger partial charge in [-0.15, -0.1) is 0 Å². The van der Waals surface area contributed by atoms with E-state index in [0.29, 0.717) is 13.1 Å².